The fourth-order valence-corrected chi connectivity index (χ4v) is 3.37. The number of nitrogens with zero attached hydrogens (tertiary/aromatic N) is 1. The zero-order valence-corrected chi connectivity index (χ0v) is 17.9. The molecule has 26 heavy (non-hydrogen) atoms. The minimum atomic E-state index is 0.428. The molecule has 0 fully saturated rings. The maximum absolute atomic E-state index is 6.03. The number of benzene rings is 2. The number of hydrogen-bond donors (Lipinski definition) is 1. The molecule has 0 saturated heterocycles. The van der Waals surface area contributed by atoms with Gasteiger partial charge in [-0.05, 0) is 84.9 Å². The van der Waals surface area contributed by atoms with Crippen LogP contribution in [0.1, 0.15) is 17.5 Å². The molecule has 4 nitrogen and oxygen atoms in total. The van der Waals surface area contributed by atoms with Crippen LogP contribution in [0.2, 0.25) is 5.02 Å². The lowest BCUT2D eigenvalue weighted by atomic mass is 10.2. The van der Waals surface area contributed by atoms with E-state index in [4.69, 9.17) is 21.1 Å². The van der Waals surface area contributed by atoms with Gasteiger partial charge in [-0.3, -0.25) is 0 Å². The monoisotopic (exact) mass is 440 g/mol. The van der Waals surface area contributed by atoms with Crippen molar-refractivity contribution < 1.29 is 9.47 Å². The van der Waals surface area contributed by atoms with E-state index in [0.717, 1.165) is 41.7 Å². The van der Waals surface area contributed by atoms with E-state index >= 15 is 0 Å². The van der Waals surface area contributed by atoms with E-state index in [0.29, 0.717) is 23.1 Å². The third kappa shape index (κ3) is 6.80. The maximum atomic E-state index is 6.03. The SMILES string of the molecule is COc1cc(CNCCCN(C)C)cc(Br)c1OCc1cccc(Cl)c1. The molecule has 0 aliphatic rings. The van der Waals surface area contributed by atoms with E-state index in [1.54, 1.807) is 7.11 Å². The molecule has 0 heterocycles. The van der Waals surface area contributed by atoms with Crippen molar-refractivity contribution in [2.45, 2.75) is 19.6 Å². The van der Waals surface area contributed by atoms with Crippen LogP contribution in [0.3, 0.4) is 0 Å². The summed E-state index contributed by atoms with van der Waals surface area (Å²) in [5, 5.41) is 4.16. The molecule has 0 aromatic heterocycles. The van der Waals surface area contributed by atoms with Gasteiger partial charge < -0.3 is 19.7 Å². The molecule has 0 unspecified atom stereocenters. The second-order valence-electron chi connectivity index (χ2n) is 6.36. The molecule has 6 heteroatoms. The van der Waals surface area contributed by atoms with Crippen molar-refractivity contribution in [3.63, 3.8) is 0 Å². The number of methoxy groups -OCH3 is 1. The highest BCUT2D eigenvalue weighted by atomic mass is 79.9. The van der Waals surface area contributed by atoms with E-state index < -0.39 is 0 Å². The number of rotatable bonds is 10. The highest BCUT2D eigenvalue weighted by molar-refractivity contribution is 9.10. The highest BCUT2D eigenvalue weighted by Crippen LogP contribution is 2.37. The van der Waals surface area contributed by atoms with Crippen molar-refractivity contribution in [2.24, 2.45) is 0 Å². The van der Waals surface area contributed by atoms with Crippen LogP contribution in [0.25, 0.3) is 0 Å². The molecule has 0 atom stereocenters. The van der Waals surface area contributed by atoms with Gasteiger partial charge in [-0.15, -0.1) is 0 Å². The van der Waals surface area contributed by atoms with Crippen molar-refractivity contribution in [2.75, 3.05) is 34.3 Å². The van der Waals surface area contributed by atoms with Crippen molar-refractivity contribution in [3.05, 3.63) is 57.0 Å². The Morgan fingerprint density at radius 1 is 1.15 bits per heavy atom. The third-order valence-corrected chi connectivity index (χ3v) is 4.67. The Kier molecular flexibility index (Phi) is 8.72. The molecule has 142 valence electrons. The minimum absolute atomic E-state index is 0.428. The summed E-state index contributed by atoms with van der Waals surface area (Å²) in [5.74, 6) is 1.41. The smallest absolute Gasteiger partial charge is 0.175 e. The lowest BCUT2D eigenvalue weighted by Gasteiger charge is -2.15. The summed E-state index contributed by atoms with van der Waals surface area (Å²) < 4.78 is 12.4. The molecule has 0 aliphatic heterocycles. The normalized spacial score (nSPS) is 11.0. The second kappa shape index (κ2) is 10.8. The molecule has 0 aliphatic carbocycles. The molecular weight excluding hydrogens is 416 g/mol. The van der Waals surface area contributed by atoms with Gasteiger partial charge in [0.15, 0.2) is 11.5 Å². The van der Waals surface area contributed by atoms with Crippen LogP contribution in [0.4, 0.5) is 0 Å². The highest BCUT2D eigenvalue weighted by Gasteiger charge is 2.12. The molecule has 0 bridgehead atoms. The lowest BCUT2D eigenvalue weighted by molar-refractivity contribution is 0.282. The Hall–Kier alpha value is -1.27. The predicted octanol–water partition coefficient (Wildman–Crippen LogP) is 4.73. The van der Waals surface area contributed by atoms with Crippen molar-refractivity contribution in [1.29, 1.82) is 0 Å². The van der Waals surface area contributed by atoms with Gasteiger partial charge in [0.2, 0.25) is 0 Å². The molecular formula is C20H26BrClN2O2. The van der Waals surface area contributed by atoms with Gasteiger partial charge in [-0.25, -0.2) is 0 Å². The molecule has 0 saturated carbocycles. The fraction of sp³-hybridized carbons (Fsp3) is 0.400. The quantitative estimate of drug-likeness (QED) is 0.540. The van der Waals surface area contributed by atoms with Crippen LogP contribution in [-0.2, 0) is 13.2 Å². The summed E-state index contributed by atoms with van der Waals surface area (Å²) in [6.45, 7) is 3.27. The molecule has 0 amide bonds. The van der Waals surface area contributed by atoms with Crippen LogP contribution in [0.5, 0.6) is 11.5 Å². The van der Waals surface area contributed by atoms with Crippen molar-refractivity contribution >= 4 is 27.5 Å². The Labute approximate surface area is 169 Å². The van der Waals surface area contributed by atoms with Gasteiger partial charge in [-0.1, -0.05) is 23.7 Å². The van der Waals surface area contributed by atoms with Crippen molar-refractivity contribution in [3.8, 4) is 11.5 Å². The Morgan fingerprint density at radius 3 is 2.65 bits per heavy atom. The zero-order valence-electron chi connectivity index (χ0n) is 15.5. The molecule has 0 radical (unpaired) electrons. The number of ether oxygens (including phenoxy) is 2. The molecule has 0 spiro atoms. The Balaban J connectivity index is 1.97. The first-order valence-corrected chi connectivity index (χ1v) is 9.76. The van der Waals surface area contributed by atoms with E-state index in [2.05, 4.69) is 46.3 Å². The maximum Gasteiger partial charge on any atom is 0.175 e. The first-order valence-electron chi connectivity index (χ1n) is 8.58. The number of nitrogens with one attached hydrogen (secondary N) is 1. The Morgan fingerprint density at radius 2 is 1.96 bits per heavy atom. The van der Waals surface area contributed by atoms with Gasteiger partial charge in [0, 0.05) is 11.6 Å². The first kappa shape index (κ1) is 21.0. The van der Waals surface area contributed by atoms with Crippen LogP contribution >= 0.6 is 27.5 Å². The van der Waals surface area contributed by atoms with Gasteiger partial charge in [0.25, 0.3) is 0 Å². The van der Waals surface area contributed by atoms with Crippen molar-refractivity contribution in [1.82, 2.24) is 10.2 Å². The summed E-state index contributed by atoms with van der Waals surface area (Å²) in [5.41, 5.74) is 2.16. The third-order valence-electron chi connectivity index (χ3n) is 3.85. The topological polar surface area (TPSA) is 33.7 Å². The molecule has 2 aromatic carbocycles. The predicted molar refractivity (Wildman–Crippen MR) is 111 cm³/mol. The van der Waals surface area contributed by atoms with Gasteiger partial charge in [0.1, 0.15) is 6.61 Å². The minimum Gasteiger partial charge on any atom is -0.493 e. The van der Waals surface area contributed by atoms with Crippen LogP contribution in [-0.4, -0.2) is 39.2 Å². The van der Waals surface area contributed by atoms with Gasteiger partial charge >= 0.3 is 0 Å². The molecule has 1 N–H and O–H groups in total. The summed E-state index contributed by atoms with van der Waals surface area (Å²) in [6, 6.07) is 11.7. The Bertz CT molecular complexity index is 710. The van der Waals surface area contributed by atoms with E-state index in [1.807, 2.05) is 30.3 Å². The van der Waals surface area contributed by atoms with E-state index in [-0.39, 0.29) is 0 Å². The summed E-state index contributed by atoms with van der Waals surface area (Å²) in [7, 11) is 5.83. The number of hydrogen-bond acceptors (Lipinski definition) is 4. The summed E-state index contributed by atoms with van der Waals surface area (Å²) >= 11 is 9.63. The lowest BCUT2D eigenvalue weighted by Crippen LogP contribution is -2.21. The molecule has 2 rings (SSSR count). The molecule has 2 aromatic rings. The van der Waals surface area contributed by atoms with Gasteiger partial charge in [0.05, 0.1) is 11.6 Å². The van der Waals surface area contributed by atoms with Crippen LogP contribution in [0.15, 0.2) is 40.9 Å². The van der Waals surface area contributed by atoms with Crippen LogP contribution in [0, 0.1) is 0 Å². The van der Waals surface area contributed by atoms with E-state index in [1.165, 1.54) is 0 Å². The largest absolute Gasteiger partial charge is 0.493 e. The van der Waals surface area contributed by atoms with Gasteiger partial charge in [-0.2, -0.15) is 0 Å². The summed E-state index contributed by atoms with van der Waals surface area (Å²) in [6.07, 6.45) is 1.12. The van der Waals surface area contributed by atoms with E-state index in [9.17, 15) is 0 Å². The number of halogens is 2. The zero-order chi connectivity index (χ0) is 18.9. The van der Waals surface area contributed by atoms with Crippen LogP contribution < -0.4 is 14.8 Å². The average Bonchev–Trinajstić information content (AvgIpc) is 2.60. The fourth-order valence-electron chi connectivity index (χ4n) is 2.55. The first-order chi connectivity index (χ1) is 12.5. The average molecular weight is 442 g/mol. The standard InChI is InChI=1S/C20H26BrClN2O2/c1-24(2)9-5-8-23-13-16-11-18(21)20(19(12-16)25-3)26-14-15-6-4-7-17(22)10-15/h4,6-7,10-12,23H,5,8-9,13-14H2,1-3H3. The second-order valence-corrected chi connectivity index (χ2v) is 7.65. The summed E-state index contributed by atoms with van der Waals surface area (Å²) in [4.78, 5) is 2.19.